The third kappa shape index (κ3) is 11.3. The Morgan fingerprint density at radius 3 is 2.67 bits per heavy atom. The predicted octanol–water partition coefficient (Wildman–Crippen LogP) is 1.35. The fraction of sp³-hybridized carbons (Fsp3) is 0.909. The molecule has 0 fully saturated rings. The van der Waals surface area contributed by atoms with E-state index in [0.717, 1.165) is 32.5 Å². The van der Waals surface area contributed by atoms with Gasteiger partial charge in [0.15, 0.2) is 0 Å². The maximum Gasteiger partial charge on any atom is 0.220 e. The quantitative estimate of drug-likeness (QED) is 0.562. The molecule has 0 rings (SSSR count). The number of ether oxygens (including phenoxy) is 2. The van der Waals surface area contributed by atoms with Crippen molar-refractivity contribution in [2.75, 3.05) is 33.5 Å². The first-order valence-electron chi connectivity index (χ1n) is 5.64. The zero-order valence-corrected chi connectivity index (χ0v) is 9.88. The zero-order chi connectivity index (χ0) is 11.4. The lowest BCUT2D eigenvalue weighted by Gasteiger charge is -2.05. The molecule has 4 nitrogen and oxygen atoms in total. The van der Waals surface area contributed by atoms with Gasteiger partial charge in [-0.05, 0) is 19.3 Å². The average Bonchev–Trinajstić information content (AvgIpc) is 2.23. The number of rotatable bonds is 10. The highest BCUT2D eigenvalue weighted by Gasteiger charge is 1.99. The maximum absolute atomic E-state index is 11.2. The van der Waals surface area contributed by atoms with Crippen molar-refractivity contribution < 1.29 is 14.3 Å². The van der Waals surface area contributed by atoms with Crippen molar-refractivity contribution in [2.45, 2.75) is 32.6 Å². The summed E-state index contributed by atoms with van der Waals surface area (Å²) in [5.41, 5.74) is 0. The topological polar surface area (TPSA) is 47.6 Å². The van der Waals surface area contributed by atoms with Crippen molar-refractivity contribution in [3.8, 4) is 0 Å². The smallest absolute Gasteiger partial charge is 0.220 e. The molecule has 15 heavy (non-hydrogen) atoms. The molecule has 0 aliphatic heterocycles. The summed E-state index contributed by atoms with van der Waals surface area (Å²) < 4.78 is 10.2. The first-order chi connectivity index (χ1) is 7.31. The van der Waals surface area contributed by atoms with Gasteiger partial charge in [-0.3, -0.25) is 4.79 Å². The Labute approximate surface area is 92.3 Å². The maximum atomic E-state index is 11.2. The normalized spacial score (nSPS) is 10.3. The largest absolute Gasteiger partial charge is 0.385 e. The Hall–Kier alpha value is -0.610. The Bertz CT molecular complexity index is 151. The predicted molar refractivity (Wildman–Crippen MR) is 59.8 cm³/mol. The van der Waals surface area contributed by atoms with Crippen LogP contribution in [0.3, 0.4) is 0 Å². The van der Waals surface area contributed by atoms with E-state index in [1.54, 1.807) is 7.11 Å². The molecule has 0 atom stereocenters. The van der Waals surface area contributed by atoms with Crippen LogP contribution in [0.15, 0.2) is 0 Å². The van der Waals surface area contributed by atoms with Gasteiger partial charge in [0, 0.05) is 39.9 Å². The van der Waals surface area contributed by atoms with Gasteiger partial charge in [-0.1, -0.05) is 6.92 Å². The van der Waals surface area contributed by atoms with Gasteiger partial charge in [-0.2, -0.15) is 0 Å². The minimum Gasteiger partial charge on any atom is -0.385 e. The van der Waals surface area contributed by atoms with Gasteiger partial charge < -0.3 is 14.8 Å². The van der Waals surface area contributed by atoms with Crippen molar-refractivity contribution >= 4 is 5.91 Å². The highest BCUT2D eigenvalue weighted by molar-refractivity contribution is 5.75. The van der Waals surface area contributed by atoms with Gasteiger partial charge in [0.05, 0.1) is 0 Å². The van der Waals surface area contributed by atoms with Crippen LogP contribution in [0.5, 0.6) is 0 Å². The summed E-state index contributed by atoms with van der Waals surface area (Å²) in [6.45, 7) is 4.97. The number of amides is 1. The molecule has 0 saturated heterocycles. The van der Waals surface area contributed by atoms with Crippen molar-refractivity contribution in [1.82, 2.24) is 5.32 Å². The number of carbonyl (C=O) groups is 1. The molecule has 0 aliphatic carbocycles. The molecule has 0 aromatic carbocycles. The summed E-state index contributed by atoms with van der Waals surface area (Å²) in [5.74, 6) is 0.0996. The van der Waals surface area contributed by atoms with Crippen molar-refractivity contribution in [3.63, 3.8) is 0 Å². The average molecular weight is 217 g/mol. The highest BCUT2D eigenvalue weighted by Crippen LogP contribution is 1.89. The van der Waals surface area contributed by atoms with Crippen LogP contribution in [0.4, 0.5) is 0 Å². The minimum absolute atomic E-state index is 0.0996. The van der Waals surface area contributed by atoms with Crippen molar-refractivity contribution in [3.05, 3.63) is 0 Å². The van der Waals surface area contributed by atoms with E-state index in [9.17, 15) is 4.79 Å². The molecule has 0 unspecified atom stereocenters. The van der Waals surface area contributed by atoms with Crippen LogP contribution in [0.1, 0.15) is 32.6 Å². The second kappa shape index (κ2) is 11.5. The Balaban J connectivity index is 3.10. The molecule has 0 bridgehead atoms. The SMILES string of the molecule is CCCOCCCNC(=O)CCCOC. The summed E-state index contributed by atoms with van der Waals surface area (Å²) in [7, 11) is 1.64. The Morgan fingerprint density at radius 2 is 2.00 bits per heavy atom. The molecule has 0 heterocycles. The second-order valence-electron chi connectivity index (χ2n) is 3.41. The molecule has 0 aromatic rings. The van der Waals surface area contributed by atoms with Gasteiger partial charge in [0.2, 0.25) is 5.91 Å². The molecule has 0 radical (unpaired) electrons. The second-order valence-corrected chi connectivity index (χ2v) is 3.41. The third-order valence-corrected chi connectivity index (χ3v) is 1.89. The van der Waals surface area contributed by atoms with E-state index >= 15 is 0 Å². The lowest BCUT2D eigenvalue weighted by atomic mass is 10.3. The number of hydrogen-bond acceptors (Lipinski definition) is 3. The summed E-state index contributed by atoms with van der Waals surface area (Å²) in [5, 5.41) is 2.84. The third-order valence-electron chi connectivity index (χ3n) is 1.89. The van der Waals surface area contributed by atoms with Crippen molar-refractivity contribution in [1.29, 1.82) is 0 Å². The summed E-state index contributed by atoms with van der Waals surface area (Å²) in [6.07, 6.45) is 3.26. The zero-order valence-electron chi connectivity index (χ0n) is 9.88. The standard InChI is InChI=1S/C11H23NO3/c1-3-8-15-10-5-7-12-11(13)6-4-9-14-2/h3-10H2,1-2H3,(H,12,13). The molecular weight excluding hydrogens is 194 g/mol. The Morgan fingerprint density at radius 1 is 1.20 bits per heavy atom. The Kier molecular flexibility index (Phi) is 11.0. The molecule has 1 N–H and O–H groups in total. The molecule has 0 saturated carbocycles. The molecule has 0 aromatic heterocycles. The molecule has 1 amide bonds. The first kappa shape index (κ1) is 14.4. The van der Waals surface area contributed by atoms with Crippen LogP contribution in [0, 0.1) is 0 Å². The van der Waals surface area contributed by atoms with Crippen LogP contribution < -0.4 is 5.32 Å². The fourth-order valence-corrected chi connectivity index (χ4v) is 1.11. The van der Waals surface area contributed by atoms with Gasteiger partial charge >= 0.3 is 0 Å². The molecule has 4 heteroatoms. The van der Waals surface area contributed by atoms with Gasteiger partial charge in [-0.25, -0.2) is 0 Å². The van der Waals surface area contributed by atoms with Gasteiger partial charge in [0.1, 0.15) is 0 Å². The molecular formula is C11H23NO3. The monoisotopic (exact) mass is 217 g/mol. The van der Waals surface area contributed by atoms with Crippen LogP contribution in [0.2, 0.25) is 0 Å². The van der Waals surface area contributed by atoms with Crippen molar-refractivity contribution in [2.24, 2.45) is 0 Å². The van der Waals surface area contributed by atoms with E-state index in [0.29, 0.717) is 19.6 Å². The summed E-state index contributed by atoms with van der Waals surface area (Å²) in [4.78, 5) is 11.2. The van der Waals surface area contributed by atoms with Crippen LogP contribution in [-0.4, -0.2) is 39.4 Å². The van der Waals surface area contributed by atoms with Gasteiger partial charge in [0.25, 0.3) is 0 Å². The van der Waals surface area contributed by atoms with Gasteiger partial charge in [-0.15, -0.1) is 0 Å². The number of methoxy groups -OCH3 is 1. The molecule has 0 spiro atoms. The highest BCUT2D eigenvalue weighted by atomic mass is 16.5. The van der Waals surface area contributed by atoms with Crippen LogP contribution in [-0.2, 0) is 14.3 Å². The minimum atomic E-state index is 0.0996. The number of hydrogen-bond donors (Lipinski definition) is 1. The lowest BCUT2D eigenvalue weighted by molar-refractivity contribution is -0.121. The van der Waals surface area contributed by atoms with E-state index in [2.05, 4.69) is 12.2 Å². The van der Waals surface area contributed by atoms with E-state index in [4.69, 9.17) is 9.47 Å². The van der Waals surface area contributed by atoms with Crippen LogP contribution in [0.25, 0.3) is 0 Å². The fourth-order valence-electron chi connectivity index (χ4n) is 1.11. The first-order valence-corrected chi connectivity index (χ1v) is 5.64. The van der Waals surface area contributed by atoms with E-state index < -0.39 is 0 Å². The van der Waals surface area contributed by atoms with E-state index in [1.807, 2.05) is 0 Å². The van der Waals surface area contributed by atoms with E-state index in [1.165, 1.54) is 0 Å². The lowest BCUT2D eigenvalue weighted by Crippen LogP contribution is -2.25. The summed E-state index contributed by atoms with van der Waals surface area (Å²) >= 11 is 0. The summed E-state index contributed by atoms with van der Waals surface area (Å²) in [6, 6.07) is 0. The number of carbonyl (C=O) groups excluding carboxylic acids is 1. The molecule has 90 valence electrons. The van der Waals surface area contributed by atoms with Crippen LogP contribution >= 0.6 is 0 Å². The van der Waals surface area contributed by atoms with E-state index in [-0.39, 0.29) is 5.91 Å². The molecule has 0 aliphatic rings. The number of nitrogens with one attached hydrogen (secondary N) is 1.